The van der Waals surface area contributed by atoms with E-state index in [0.717, 1.165) is 16.0 Å². The van der Waals surface area contributed by atoms with Crippen molar-refractivity contribution in [1.29, 1.82) is 0 Å². The Morgan fingerprint density at radius 1 is 1.22 bits per heavy atom. The molecule has 4 heterocycles. The van der Waals surface area contributed by atoms with Crippen LogP contribution in [0.5, 0.6) is 5.75 Å². The maximum atomic E-state index is 13.8. The Kier molecular flexibility index (Phi) is 8.57. The Morgan fingerprint density at radius 2 is 2.00 bits per heavy atom. The fraction of sp³-hybridized carbons (Fsp3) is 0.370. The molecule has 0 radical (unpaired) electrons. The van der Waals surface area contributed by atoms with Crippen LogP contribution in [0.2, 0.25) is 0 Å². The van der Waals surface area contributed by atoms with Crippen molar-refractivity contribution in [3.05, 3.63) is 66.4 Å². The number of thiophene rings is 1. The number of hydrogen-bond acceptors (Lipinski definition) is 11. The van der Waals surface area contributed by atoms with Gasteiger partial charge in [-0.05, 0) is 50.4 Å². The zero-order valence-corrected chi connectivity index (χ0v) is 24.3. The number of carbonyl (C=O) groups is 1. The molecule has 0 amide bonds. The van der Waals surface area contributed by atoms with E-state index in [-0.39, 0.29) is 12.4 Å². The van der Waals surface area contributed by atoms with Gasteiger partial charge < -0.3 is 28.8 Å². The van der Waals surface area contributed by atoms with E-state index >= 15 is 0 Å². The second-order valence-electron chi connectivity index (χ2n) is 9.69. The molecule has 0 bridgehead atoms. The van der Waals surface area contributed by atoms with Crippen LogP contribution in [-0.2, 0) is 23.4 Å². The third-order valence-corrected chi connectivity index (χ3v) is 9.15. The van der Waals surface area contributed by atoms with Gasteiger partial charge in [-0.25, -0.2) is 14.5 Å². The molecular weight excluding hydrogens is 571 g/mol. The van der Waals surface area contributed by atoms with Gasteiger partial charge in [0.15, 0.2) is 6.23 Å². The Morgan fingerprint density at radius 3 is 2.71 bits per heavy atom. The maximum Gasteiger partial charge on any atom is 0.459 e. The van der Waals surface area contributed by atoms with Gasteiger partial charge in [-0.2, -0.15) is 5.09 Å². The minimum absolute atomic E-state index is 0.140. The van der Waals surface area contributed by atoms with Crippen LogP contribution >= 0.6 is 19.1 Å². The smallest absolute Gasteiger partial charge is 0.459 e. The van der Waals surface area contributed by atoms with E-state index in [1.54, 1.807) is 59.4 Å². The van der Waals surface area contributed by atoms with Gasteiger partial charge in [-0.3, -0.25) is 9.32 Å². The van der Waals surface area contributed by atoms with Crippen LogP contribution < -0.4 is 9.61 Å². The van der Waals surface area contributed by atoms with Crippen LogP contribution in [0.25, 0.3) is 21.6 Å². The van der Waals surface area contributed by atoms with Gasteiger partial charge in [0.25, 0.3) is 0 Å². The number of nitrogens with zero attached hydrogens (tertiary/aromatic N) is 3. The summed E-state index contributed by atoms with van der Waals surface area (Å²) in [4.78, 5) is 22.0. The van der Waals surface area contributed by atoms with E-state index in [9.17, 15) is 19.6 Å². The number of para-hydroxylation sites is 1. The van der Waals surface area contributed by atoms with Crippen molar-refractivity contribution in [3.63, 3.8) is 0 Å². The minimum Gasteiger partial charge on any atom is -0.465 e. The third kappa shape index (κ3) is 6.07. The third-order valence-electron chi connectivity index (χ3n) is 6.65. The molecule has 41 heavy (non-hydrogen) atoms. The van der Waals surface area contributed by atoms with Crippen LogP contribution in [0, 0.1) is 0 Å². The zero-order chi connectivity index (χ0) is 29.2. The van der Waals surface area contributed by atoms with Gasteiger partial charge in [-0.1, -0.05) is 24.3 Å². The lowest BCUT2D eigenvalue weighted by atomic mass is 9.99. The van der Waals surface area contributed by atoms with Crippen LogP contribution in [-0.4, -0.2) is 67.8 Å². The van der Waals surface area contributed by atoms with Crippen LogP contribution in [0.4, 0.5) is 0 Å². The first-order valence-electron chi connectivity index (χ1n) is 13.0. The lowest BCUT2D eigenvalue weighted by Gasteiger charge is -2.30. The van der Waals surface area contributed by atoms with E-state index in [1.807, 2.05) is 23.6 Å². The Labute approximate surface area is 240 Å². The summed E-state index contributed by atoms with van der Waals surface area (Å²) in [6.07, 6.45) is -0.712. The quantitative estimate of drug-likeness (QED) is 0.169. The number of carbonyl (C=O) groups excluding carboxylic acids is 1. The Balaban J connectivity index is 1.38. The van der Waals surface area contributed by atoms with Gasteiger partial charge in [0.1, 0.15) is 41.6 Å². The normalized spacial score (nSPS) is 24.7. The van der Waals surface area contributed by atoms with Crippen molar-refractivity contribution in [2.24, 2.45) is 0 Å². The first-order chi connectivity index (χ1) is 19.6. The summed E-state index contributed by atoms with van der Waals surface area (Å²) in [5.74, 6) is -0.411. The van der Waals surface area contributed by atoms with Gasteiger partial charge in [0.05, 0.1) is 23.8 Å². The Bertz CT molecular complexity index is 1530. The topological polar surface area (TPSA) is 154 Å². The lowest BCUT2D eigenvalue weighted by Crippen LogP contribution is -2.45. The molecule has 0 aliphatic carbocycles. The van der Waals surface area contributed by atoms with Crippen molar-refractivity contribution in [2.75, 3.05) is 13.2 Å². The second kappa shape index (κ2) is 12.0. The van der Waals surface area contributed by atoms with E-state index in [4.69, 9.17) is 18.5 Å². The van der Waals surface area contributed by atoms with Gasteiger partial charge >= 0.3 is 13.7 Å². The number of aliphatic hydroxyl groups excluding tert-OH is 2. The number of ether oxygens (including phenoxy) is 2. The van der Waals surface area contributed by atoms with Crippen molar-refractivity contribution in [1.82, 2.24) is 19.6 Å². The largest absolute Gasteiger partial charge is 0.465 e. The SMILES string of the molecule is CCOC(=O)[C@H](C)NP(=O)(OC[C@@]1(C)O[C@@H](n2ccc3c(-c4cccs4)ncnc32)[C@H](O)[C@@H]1O)Oc1ccccc1. The van der Waals surface area contributed by atoms with Crippen molar-refractivity contribution >= 4 is 36.1 Å². The molecule has 3 N–H and O–H groups in total. The first-order valence-corrected chi connectivity index (χ1v) is 15.4. The highest BCUT2D eigenvalue weighted by molar-refractivity contribution is 7.52. The molecule has 6 atom stereocenters. The van der Waals surface area contributed by atoms with Crippen LogP contribution in [0.3, 0.4) is 0 Å². The molecule has 0 spiro atoms. The molecule has 12 nitrogen and oxygen atoms in total. The van der Waals surface area contributed by atoms with Crippen molar-refractivity contribution in [3.8, 4) is 16.3 Å². The monoisotopic (exact) mass is 602 g/mol. The highest BCUT2D eigenvalue weighted by Gasteiger charge is 2.53. The molecule has 3 aromatic heterocycles. The molecule has 1 aliphatic rings. The standard InChI is InChI=1S/C27H31N4O8PS/c1-4-36-26(34)17(2)30-40(35,39-18-9-6-5-7-10-18)37-15-27(3)23(33)22(32)25(38-27)31-13-12-19-21(20-11-8-14-41-20)28-16-29-24(19)31/h5-14,16-17,22-23,25,32-33H,4,15H2,1-3H3,(H,30,35)/t17-,22+,23-,25+,27+,40?/m0/s1. The minimum atomic E-state index is -4.22. The highest BCUT2D eigenvalue weighted by atomic mass is 32.1. The number of aromatic nitrogens is 3. The predicted octanol–water partition coefficient (Wildman–Crippen LogP) is 3.91. The molecule has 1 saturated heterocycles. The predicted molar refractivity (Wildman–Crippen MR) is 151 cm³/mol. The molecule has 5 rings (SSSR count). The summed E-state index contributed by atoms with van der Waals surface area (Å²) in [6, 6.07) is 13.0. The second-order valence-corrected chi connectivity index (χ2v) is 12.3. The van der Waals surface area contributed by atoms with E-state index in [1.165, 1.54) is 20.2 Å². The average molecular weight is 603 g/mol. The number of aliphatic hydroxyl groups is 2. The molecule has 0 saturated carbocycles. The molecular formula is C27H31N4O8PS. The summed E-state index contributed by atoms with van der Waals surface area (Å²) in [7, 11) is -4.22. The molecule has 1 fully saturated rings. The highest BCUT2D eigenvalue weighted by Crippen LogP contribution is 2.48. The van der Waals surface area contributed by atoms with E-state index in [0.29, 0.717) is 5.65 Å². The van der Waals surface area contributed by atoms with Gasteiger partial charge in [0.2, 0.25) is 0 Å². The lowest BCUT2D eigenvalue weighted by molar-refractivity contribution is -0.144. The number of hydrogen-bond donors (Lipinski definition) is 3. The molecule has 1 unspecified atom stereocenters. The zero-order valence-electron chi connectivity index (χ0n) is 22.6. The molecule has 14 heteroatoms. The van der Waals surface area contributed by atoms with Crippen LogP contribution in [0.15, 0.2) is 66.4 Å². The Hall–Kier alpha value is -3.16. The van der Waals surface area contributed by atoms with Crippen LogP contribution in [0.1, 0.15) is 27.0 Å². The summed E-state index contributed by atoms with van der Waals surface area (Å²) in [5.41, 5.74) is -0.272. The van der Waals surface area contributed by atoms with E-state index < -0.39 is 50.4 Å². The number of benzene rings is 1. The first kappa shape index (κ1) is 29.3. The summed E-state index contributed by atoms with van der Waals surface area (Å²) < 4.78 is 38.1. The fourth-order valence-electron chi connectivity index (χ4n) is 4.54. The average Bonchev–Trinajstić information content (AvgIpc) is 3.69. The maximum absolute atomic E-state index is 13.8. The number of nitrogens with one attached hydrogen (secondary N) is 1. The molecule has 1 aliphatic heterocycles. The molecule has 218 valence electrons. The van der Waals surface area contributed by atoms with Crippen molar-refractivity contribution < 1.29 is 38.1 Å². The van der Waals surface area contributed by atoms with E-state index in [2.05, 4.69) is 15.1 Å². The number of esters is 1. The van der Waals surface area contributed by atoms with Gasteiger partial charge in [-0.15, -0.1) is 11.3 Å². The molecule has 4 aromatic rings. The fourth-order valence-corrected chi connectivity index (χ4v) is 6.86. The summed E-state index contributed by atoms with van der Waals surface area (Å²) in [5, 5.41) is 27.4. The van der Waals surface area contributed by atoms with Crippen molar-refractivity contribution in [2.45, 2.75) is 50.8 Å². The summed E-state index contributed by atoms with van der Waals surface area (Å²) in [6.45, 7) is 4.34. The van der Waals surface area contributed by atoms with Gasteiger partial charge in [0, 0.05) is 11.6 Å². The summed E-state index contributed by atoms with van der Waals surface area (Å²) >= 11 is 1.54. The molecule has 1 aromatic carbocycles. The number of rotatable bonds is 11. The number of fused-ring (bicyclic) bond motifs is 1.